The lowest BCUT2D eigenvalue weighted by Gasteiger charge is -2.10. The Labute approximate surface area is 106 Å². The van der Waals surface area contributed by atoms with Crippen LogP contribution in [-0.4, -0.2) is 5.78 Å². The van der Waals surface area contributed by atoms with Crippen LogP contribution in [0.4, 0.5) is 0 Å². The summed E-state index contributed by atoms with van der Waals surface area (Å²) in [5, 5.41) is 0. The summed E-state index contributed by atoms with van der Waals surface area (Å²) in [4.78, 5) is 12.1. The highest BCUT2D eigenvalue weighted by Gasteiger charge is 2.14. The van der Waals surface area contributed by atoms with E-state index in [0.717, 1.165) is 28.4 Å². The van der Waals surface area contributed by atoms with Crippen LogP contribution in [-0.2, 0) is 0 Å². The number of hydrogen-bond donors (Lipinski definition) is 0. The number of rotatable bonds is 5. The van der Waals surface area contributed by atoms with Crippen LogP contribution in [0.3, 0.4) is 0 Å². The fourth-order valence-electron chi connectivity index (χ4n) is 1.88. The van der Waals surface area contributed by atoms with Crippen molar-refractivity contribution in [3.05, 3.63) is 33.8 Å². The molecule has 16 heavy (non-hydrogen) atoms. The lowest BCUT2D eigenvalue weighted by atomic mass is 9.95. The first-order valence-corrected chi connectivity index (χ1v) is 6.63. The number of aryl methyl sites for hydroxylation is 1. The van der Waals surface area contributed by atoms with Gasteiger partial charge in [0.2, 0.25) is 0 Å². The molecule has 0 spiro atoms. The highest BCUT2D eigenvalue weighted by Crippen LogP contribution is 2.24. The van der Waals surface area contributed by atoms with E-state index in [2.05, 4.69) is 29.8 Å². The van der Waals surface area contributed by atoms with Gasteiger partial charge in [0.25, 0.3) is 0 Å². The highest BCUT2D eigenvalue weighted by molar-refractivity contribution is 9.10. The van der Waals surface area contributed by atoms with Gasteiger partial charge in [-0.3, -0.25) is 4.79 Å². The summed E-state index contributed by atoms with van der Waals surface area (Å²) in [7, 11) is 0. The van der Waals surface area contributed by atoms with Gasteiger partial charge in [-0.25, -0.2) is 0 Å². The Bertz CT molecular complexity index is 371. The summed E-state index contributed by atoms with van der Waals surface area (Å²) in [5.41, 5.74) is 1.94. The first kappa shape index (κ1) is 13.4. The Hall–Kier alpha value is -0.630. The molecule has 0 amide bonds. The highest BCUT2D eigenvalue weighted by atomic mass is 79.9. The maximum Gasteiger partial charge on any atom is 0.164 e. The molecule has 0 saturated carbocycles. The number of carbonyl (C=O) groups is 1. The Kier molecular flexibility index (Phi) is 5.20. The molecule has 1 nitrogen and oxygen atoms in total. The number of ketones is 1. The minimum atomic E-state index is 0.247. The molecule has 1 unspecified atom stereocenters. The Morgan fingerprint density at radius 3 is 2.75 bits per heavy atom. The van der Waals surface area contributed by atoms with Gasteiger partial charge < -0.3 is 0 Å². The van der Waals surface area contributed by atoms with Crippen molar-refractivity contribution in [2.75, 3.05) is 0 Å². The average molecular weight is 283 g/mol. The zero-order valence-electron chi connectivity index (χ0n) is 10.2. The van der Waals surface area contributed by atoms with Crippen LogP contribution in [0, 0.1) is 12.8 Å². The SMILES string of the molecule is CCCC(C)CC(=O)c1cccc(C)c1Br. The second-order valence-electron chi connectivity index (χ2n) is 4.46. The second kappa shape index (κ2) is 6.19. The molecule has 0 aliphatic rings. The minimum absolute atomic E-state index is 0.247. The normalized spacial score (nSPS) is 12.5. The predicted molar refractivity (Wildman–Crippen MR) is 71.9 cm³/mol. The fraction of sp³-hybridized carbons (Fsp3) is 0.500. The van der Waals surface area contributed by atoms with Crippen molar-refractivity contribution >= 4 is 21.7 Å². The topological polar surface area (TPSA) is 17.1 Å². The second-order valence-corrected chi connectivity index (χ2v) is 5.25. The summed E-state index contributed by atoms with van der Waals surface area (Å²) in [5.74, 6) is 0.724. The fourth-order valence-corrected chi connectivity index (χ4v) is 2.37. The molecule has 1 aromatic rings. The van der Waals surface area contributed by atoms with E-state index in [-0.39, 0.29) is 5.78 Å². The van der Waals surface area contributed by atoms with Crippen LogP contribution in [0.1, 0.15) is 49.0 Å². The van der Waals surface area contributed by atoms with Crippen molar-refractivity contribution in [2.45, 2.75) is 40.0 Å². The van der Waals surface area contributed by atoms with E-state index in [1.54, 1.807) is 0 Å². The molecule has 0 aliphatic carbocycles. The molecule has 1 aromatic carbocycles. The largest absolute Gasteiger partial charge is 0.294 e. The zero-order chi connectivity index (χ0) is 12.1. The molecule has 0 heterocycles. The smallest absolute Gasteiger partial charge is 0.164 e. The zero-order valence-corrected chi connectivity index (χ0v) is 11.8. The number of benzene rings is 1. The molecular formula is C14H19BrO. The van der Waals surface area contributed by atoms with Gasteiger partial charge in [0, 0.05) is 16.5 Å². The standard InChI is InChI=1S/C14H19BrO/c1-4-6-10(2)9-13(16)12-8-5-7-11(3)14(12)15/h5,7-8,10H,4,6,9H2,1-3H3. The van der Waals surface area contributed by atoms with E-state index < -0.39 is 0 Å². The maximum absolute atomic E-state index is 12.1. The molecular weight excluding hydrogens is 264 g/mol. The molecule has 88 valence electrons. The van der Waals surface area contributed by atoms with Gasteiger partial charge >= 0.3 is 0 Å². The van der Waals surface area contributed by atoms with Crippen LogP contribution in [0.25, 0.3) is 0 Å². The number of carbonyl (C=O) groups excluding carboxylic acids is 1. The third-order valence-corrected chi connectivity index (χ3v) is 3.86. The first-order chi connectivity index (χ1) is 7.56. The minimum Gasteiger partial charge on any atom is -0.294 e. The molecule has 2 heteroatoms. The number of halogens is 1. The number of hydrogen-bond acceptors (Lipinski definition) is 1. The van der Waals surface area contributed by atoms with E-state index in [9.17, 15) is 4.79 Å². The first-order valence-electron chi connectivity index (χ1n) is 5.84. The van der Waals surface area contributed by atoms with Crippen LogP contribution >= 0.6 is 15.9 Å². The maximum atomic E-state index is 12.1. The third kappa shape index (κ3) is 3.44. The van der Waals surface area contributed by atoms with Gasteiger partial charge in [-0.1, -0.05) is 44.9 Å². The van der Waals surface area contributed by atoms with Crippen LogP contribution in [0.5, 0.6) is 0 Å². The predicted octanol–water partition coefficient (Wildman–Crippen LogP) is 4.77. The summed E-state index contributed by atoms with van der Waals surface area (Å²) in [6.07, 6.45) is 2.91. The molecule has 0 fully saturated rings. The van der Waals surface area contributed by atoms with Crippen LogP contribution in [0.15, 0.2) is 22.7 Å². The van der Waals surface area contributed by atoms with Crippen LogP contribution in [0.2, 0.25) is 0 Å². The van der Waals surface area contributed by atoms with Crippen molar-refractivity contribution < 1.29 is 4.79 Å². The monoisotopic (exact) mass is 282 g/mol. The van der Waals surface area contributed by atoms with Gasteiger partial charge in [-0.2, -0.15) is 0 Å². The molecule has 0 aliphatic heterocycles. The van der Waals surface area contributed by atoms with Crippen molar-refractivity contribution in [1.29, 1.82) is 0 Å². The lowest BCUT2D eigenvalue weighted by Crippen LogP contribution is -2.07. The van der Waals surface area contributed by atoms with Crippen molar-refractivity contribution in [1.82, 2.24) is 0 Å². The van der Waals surface area contributed by atoms with Gasteiger partial charge in [-0.05, 0) is 34.3 Å². The van der Waals surface area contributed by atoms with E-state index in [0.29, 0.717) is 12.3 Å². The van der Waals surface area contributed by atoms with E-state index >= 15 is 0 Å². The Morgan fingerprint density at radius 2 is 2.12 bits per heavy atom. The molecule has 1 rings (SSSR count). The van der Waals surface area contributed by atoms with Gasteiger partial charge in [0.1, 0.15) is 0 Å². The van der Waals surface area contributed by atoms with Crippen molar-refractivity contribution in [2.24, 2.45) is 5.92 Å². The summed E-state index contributed by atoms with van der Waals surface area (Å²) >= 11 is 3.49. The molecule has 1 atom stereocenters. The summed E-state index contributed by atoms with van der Waals surface area (Å²) < 4.78 is 0.948. The average Bonchev–Trinajstić information content (AvgIpc) is 2.22. The molecule has 0 N–H and O–H groups in total. The molecule has 0 aromatic heterocycles. The molecule has 0 bridgehead atoms. The number of Topliss-reactive ketones (excluding diaryl/α,β-unsaturated/α-hetero) is 1. The van der Waals surface area contributed by atoms with E-state index in [4.69, 9.17) is 0 Å². The van der Waals surface area contributed by atoms with Gasteiger partial charge in [0.05, 0.1) is 0 Å². The van der Waals surface area contributed by atoms with Gasteiger partial charge in [0.15, 0.2) is 5.78 Å². The van der Waals surface area contributed by atoms with Crippen molar-refractivity contribution in [3.63, 3.8) is 0 Å². The lowest BCUT2D eigenvalue weighted by molar-refractivity contribution is 0.0962. The Morgan fingerprint density at radius 1 is 1.44 bits per heavy atom. The third-order valence-electron chi connectivity index (χ3n) is 2.81. The summed E-state index contributed by atoms with van der Waals surface area (Å²) in [6.45, 7) is 6.31. The Balaban J connectivity index is 2.77. The van der Waals surface area contributed by atoms with E-state index in [1.807, 2.05) is 25.1 Å². The van der Waals surface area contributed by atoms with Gasteiger partial charge in [-0.15, -0.1) is 0 Å². The summed E-state index contributed by atoms with van der Waals surface area (Å²) in [6, 6.07) is 5.85. The quantitative estimate of drug-likeness (QED) is 0.711. The van der Waals surface area contributed by atoms with Crippen LogP contribution < -0.4 is 0 Å². The molecule has 0 saturated heterocycles. The molecule has 0 radical (unpaired) electrons. The van der Waals surface area contributed by atoms with E-state index in [1.165, 1.54) is 0 Å². The van der Waals surface area contributed by atoms with Crippen molar-refractivity contribution in [3.8, 4) is 0 Å².